The largest absolute Gasteiger partial charge is 0.493 e. The molecule has 0 unspecified atom stereocenters. The topological polar surface area (TPSA) is 110 Å². The van der Waals surface area contributed by atoms with Crippen LogP contribution in [0.15, 0.2) is 30.4 Å². The number of hydrogen-bond donors (Lipinski definition) is 0. The van der Waals surface area contributed by atoms with E-state index < -0.39 is 17.5 Å². The molecule has 198 valence electrons. The van der Waals surface area contributed by atoms with E-state index in [1.807, 2.05) is 0 Å². The van der Waals surface area contributed by atoms with Crippen molar-refractivity contribution in [3.63, 3.8) is 0 Å². The fourth-order valence-corrected chi connectivity index (χ4v) is 3.15. The summed E-state index contributed by atoms with van der Waals surface area (Å²) in [7, 11) is 3.00. The van der Waals surface area contributed by atoms with E-state index in [1.54, 1.807) is 45.1 Å². The minimum Gasteiger partial charge on any atom is -0.493 e. The predicted molar refractivity (Wildman–Crippen MR) is 132 cm³/mol. The van der Waals surface area contributed by atoms with Gasteiger partial charge in [-0.3, -0.25) is 14.5 Å². The lowest BCUT2D eigenvalue weighted by atomic mass is 10.1. The first-order valence-corrected chi connectivity index (χ1v) is 11.6. The molecule has 0 bridgehead atoms. The molecular weight excluding hydrogens is 470 g/mol. The summed E-state index contributed by atoms with van der Waals surface area (Å²) in [5.41, 5.74) is 0.0935. The lowest BCUT2D eigenvalue weighted by molar-refractivity contribution is -0.160. The highest BCUT2D eigenvalue weighted by molar-refractivity contribution is 6.06. The first-order chi connectivity index (χ1) is 17.1. The van der Waals surface area contributed by atoms with Gasteiger partial charge in [-0.15, -0.1) is 0 Å². The number of amides is 2. The van der Waals surface area contributed by atoms with Crippen LogP contribution in [-0.4, -0.2) is 82.1 Å². The quantitative estimate of drug-likeness (QED) is 0.227. The van der Waals surface area contributed by atoms with Crippen molar-refractivity contribution >= 4 is 23.9 Å². The zero-order valence-electron chi connectivity index (χ0n) is 21.5. The van der Waals surface area contributed by atoms with E-state index in [0.717, 1.165) is 0 Å². The molecule has 2 rings (SSSR count). The van der Waals surface area contributed by atoms with Crippen molar-refractivity contribution in [2.24, 2.45) is 0 Å². The van der Waals surface area contributed by atoms with Gasteiger partial charge in [-0.1, -0.05) is 6.08 Å². The Balaban J connectivity index is 1.83. The zero-order valence-corrected chi connectivity index (χ0v) is 21.5. The van der Waals surface area contributed by atoms with Crippen LogP contribution in [0.2, 0.25) is 0 Å². The highest BCUT2D eigenvalue weighted by atomic mass is 16.6. The monoisotopic (exact) mass is 505 g/mol. The normalized spacial score (nSPS) is 13.7. The lowest BCUT2D eigenvalue weighted by Crippen LogP contribution is -2.37. The van der Waals surface area contributed by atoms with Gasteiger partial charge in [0.25, 0.3) is 11.8 Å². The van der Waals surface area contributed by atoms with Crippen LogP contribution in [-0.2, 0) is 28.6 Å². The summed E-state index contributed by atoms with van der Waals surface area (Å²) in [5, 5.41) is 0. The summed E-state index contributed by atoms with van der Waals surface area (Å²) in [4.78, 5) is 37.0. The van der Waals surface area contributed by atoms with Gasteiger partial charge in [-0.25, -0.2) is 4.79 Å². The summed E-state index contributed by atoms with van der Waals surface area (Å²) < 4.78 is 32.5. The van der Waals surface area contributed by atoms with Crippen LogP contribution in [0.4, 0.5) is 0 Å². The van der Waals surface area contributed by atoms with Crippen LogP contribution >= 0.6 is 0 Å². The van der Waals surface area contributed by atoms with Gasteiger partial charge in [-0.2, -0.15) is 0 Å². The van der Waals surface area contributed by atoms with E-state index in [4.69, 9.17) is 28.4 Å². The highest BCUT2D eigenvalue weighted by Gasteiger charge is 2.19. The molecule has 10 heteroatoms. The molecular formula is C26H35NO9. The van der Waals surface area contributed by atoms with Gasteiger partial charge in [0.1, 0.15) is 18.8 Å². The van der Waals surface area contributed by atoms with Crippen LogP contribution in [0.5, 0.6) is 17.2 Å². The van der Waals surface area contributed by atoms with E-state index in [1.165, 1.54) is 31.3 Å². The van der Waals surface area contributed by atoms with Crippen LogP contribution in [0.1, 0.15) is 32.8 Å². The minimum atomic E-state index is -0.548. The summed E-state index contributed by atoms with van der Waals surface area (Å²) in [5.74, 6) is 0.0779. The van der Waals surface area contributed by atoms with Crippen molar-refractivity contribution in [1.82, 2.24) is 4.90 Å². The second-order valence-electron chi connectivity index (χ2n) is 8.71. The molecule has 0 atom stereocenters. The van der Waals surface area contributed by atoms with E-state index in [2.05, 4.69) is 0 Å². The van der Waals surface area contributed by atoms with Crippen molar-refractivity contribution < 1.29 is 42.8 Å². The number of benzene rings is 1. The predicted octanol–water partition coefficient (Wildman–Crippen LogP) is 2.79. The Morgan fingerprint density at radius 2 is 1.64 bits per heavy atom. The van der Waals surface area contributed by atoms with Gasteiger partial charge in [0.05, 0.1) is 34.0 Å². The summed E-state index contributed by atoms with van der Waals surface area (Å²) >= 11 is 0. The highest BCUT2D eigenvalue weighted by Crippen LogP contribution is 2.39. The van der Waals surface area contributed by atoms with E-state index in [-0.39, 0.29) is 38.9 Å². The Bertz CT molecular complexity index is 938. The Kier molecular flexibility index (Phi) is 11.4. The van der Waals surface area contributed by atoms with Crippen LogP contribution < -0.4 is 14.2 Å². The fraction of sp³-hybridized carbons (Fsp3) is 0.500. The molecule has 36 heavy (non-hydrogen) atoms. The number of ether oxygens (including phenoxy) is 6. The lowest BCUT2D eigenvalue weighted by Gasteiger charge is -2.19. The Hall–Kier alpha value is -3.37. The molecule has 0 saturated heterocycles. The summed E-state index contributed by atoms with van der Waals surface area (Å²) in [6, 6.07) is 3.40. The second kappa shape index (κ2) is 14.3. The van der Waals surface area contributed by atoms with Gasteiger partial charge < -0.3 is 28.4 Å². The molecule has 1 aromatic carbocycles. The number of imide groups is 1. The van der Waals surface area contributed by atoms with Gasteiger partial charge in [0, 0.05) is 12.6 Å². The number of carbonyl (C=O) groups is 3. The van der Waals surface area contributed by atoms with Crippen LogP contribution in [0, 0.1) is 0 Å². The van der Waals surface area contributed by atoms with Crippen molar-refractivity contribution in [1.29, 1.82) is 0 Å². The van der Waals surface area contributed by atoms with Crippen LogP contribution in [0.3, 0.4) is 0 Å². The minimum absolute atomic E-state index is 0.136. The molecule has 0 N–H and O–H groups in total. The molecule has 0 spiro atoms. The van der Waals surface area contributed by atoms with Crippen molar-refractivity contribution in [2.45, 2.75) is 32.8 Å². The van der Waals surface area contributed by atoms with Gasteiger partial charge >= 0.3 is 5.97 Å². The van der Waals surface area contributed by atoms with Crippen molar-refractivity contribution in [3.05, 3.63) is 35.9 Å². The first kappa shape index (κ1) is 28.9. The van der Waals surface area contributed by atoms with Crippen molar-refractivity contribution in [2.75, 3.05) is 53.8 Å². The number of hydrogen-bond acceptors (Lipinski definition) is 9. The number of rotatable bonds is 13. The third-order valence-corrected chi connectivity index (χ3v) is 4.70. The van der Waals surface area contributed by atoms with E-state index in [0.29, 0.717) is 35.8 Å². The maximum Gasteiger partial charge on any atom is 0.332 e. The summed E-state index contributed by atoms with van der Waals surface area (Å²) in [6.07, 6.45) is 6.71. The maximum absolute atomic E-state index is 12.4. The first-order valence-electron chi connectivity index (χ1n) is 11.6. The molecule has 0 radical (unpaired) electrons. The Morgan fingerprint density at radius 3 is 2.25 bits per heavy atom. The van der Waals surface area contributed by atoms with E-state index >= 15 is 0 Å². The molecule has 10 nitrogen and oxygen atoms in total. The standard InChI is InChI=1S/C26H35NO9/c1-26(2,3)36-24(30)18-34-13-12-33-14-15-35-25-20(31-4)16-19(17-21(25)32-5)9-10-23(29)27-11-7-6-8-22(27)28/h6,8-10,16-17H,7,11-15,18H2,1-5H3/b10-9+. The Labute approximate surface area is 211 Å². The second-order valence-corrected chi connectivity index (χ2v) is 8.71. The smallest absolute Gasteiger partial charge is 0.332 e. The third-order valence-electron chi connectivity index (χ3n) is 4.70. The van der Waals surface area contributed by atoms with Gasteiger partial charge in [0.15, 0.2) is 11.5 Å². The van der Waals surface area contributed by atoms with Crippen LogP contribution in [0.25, 0.3) is 6.08 Å². The van der Waals surface area contributed by atoms with Crippen molar-refractivity contribution in [3.8, 4) is 17.2 Å². The molecule has 0 aliphatic carbocycles. The number of carbonyl (C=O) groups excluding carboxylic acids is 3. The molecule has 1 aromatic rings. The number of esters is 1. The van der Waals surface area contributed by atoms with Gasteiger partial charge in [0.2, 0.25) is 5.75 Å². The molecule has 0 fully saturated rings. The number of methoxy groups -OCH3 is 2. The Morgan fingerprint density at radius 1 is 1.00 bits per heavy atom. The SMILES string of the molecule is COc1cc(/C=C/C(=O)N2CCC=CC2=O)cc(OC)c1OCCOCCOCC(=O)OC(C)(C)C. The van der Waals surface area contributed by atoms with E-state index in [9.17, 15) is 14.4 Å². The maximum atomic E-state index is 12.4. The molecule has 1 aliphatic rings. The fourth-order valence-electron chi connectivity index (χ4n) is 3.15. The average Bonchev–Trinajstić information content (AvgIpc) is 2.83. The molecule has 1 heterocycles. The summed E-state index contributed by atoms with van der Waals surface area (Å²) in [6.45, 7) is 6.62. The van der Waals surface area contributed by atoms with Gasteiger partial charge in [-0.05, 0) is 57.0 Å². The number of nitrogens with zero attached hydrogens (tertiary/aromatic N) is 1. The zero-order chi connectivity index (χ0) is 26.6. The molecule has 1 aliphatic heterocycles. The third kappa shape index (κ3) is 9.71. The molecule has 0 aromatic heterocycles. The molecule has 2 amide bonds. The average molecular weight is 506 g/mol. The molecule has 0 saturated carbocycles.